The Bertz CT molecular complexity index is 473. The smallest absolute Gasteiger partial charge is 0.310 e. The van der Waals surface area contributed by atoms with E-state index in [0.29, 0.717) is 0 Å². The van der Waals surface area contributed by atoms with Gasteiger partial charge in [-0.15, -0.1) is 0 Å². The van der Waals surface area contributed by atoms with Gasteiger partial charge in [-0.25, -0.2) is 8.78 Å². The molecule has 1 aliphatic heterocycles. The number of benzene rings is 1. The molecule has 1 N–H and O–H groups in total. The number of fused-ring (bicyclic) bond motifs is 1. The average molecular weight is 244 g/mol. The monoisotopic (exact) mass is 244 g/mol. The number of aliphatic carboxylic acids is 1. The molecule has 92 valence electrons. The van der Waals surface area contributed by atoms with Crippen molar-refractivity contribution in [2.45, 2.75) is 12.8 Å². The average Bonchev–Trinajstić information content (AvgIpc) is 2.30. The molecule has 0 aliphatic carbocycles. The summed E-state index contributed by atoms with van der Waals surface area (Å²) in [6, 6.07) is 0.863. The Hall–Kier alpha value is -1.85. The van der Waals surface area contributed by atoms with E-state index in [1.165, 1.54) is 6.92 Å². The molecule has 1 aliphatic rings. The summed E-state index contributed by atoms with van der Waals surface area (Å²) in [5, 5.41) is 8.87. The second kappa shape index (κ2) is 4.20. The SMILES string of the molecule is CC(C(=O)O)c1c(F)c(F)cc2c1OCCO2. The molecule has 1 aromatic carbocycles. The quantitative estimate of drug-likeness (QED) is 0.863. The highest BCUT2D eigenvalue weighted by Gasteiger charge is 2.30. The summed E-state index contributed by atoms with van der Waals surface area (Å²) in [7, 11) is 0. The van der Waals surface area contributed by atoms with Gasteiger partial charge in [0.05, 0.1) is 11.5 Å². The van der Waals surface area contributed by atoms with E-state index in [-0.39, 0.29) is 30.3 Å². The minimum absolute atomic E-state index is 0.0231. The molecule has 0 bridgehead atoms. The lowest BCUT2D eigenvalue weighted by Crippen LogP contribution is -2.20. The van der Waals surface area contributed by atoms with Gasteiger partial charge in [-0.2, -0.15) is 0 Å². The number of hydrogen-bond donors (Lipinski definition) is 1. The van der Waals surface area contributed by atoms with E-state index in [0.717, 1.165) is 6.07 Å². The van der Waals surface area contributed by atoms with Gasteiger partial charge in [0.1, 0.15) is 13.2 Å². The van der Waals surface area contributed by atoms with Gasteiger partial charge in [-0.3, -0.25) is 4.79 Å². The van der Waals surface area contributed by atoms with E-state index in [2.05, 4.69) is 0 Å². The topological polar surface area (TPSA) is 55.8 Å². The van der Waals surface area contributed by atoms with Crippen LogP contribution in [0.25, 0.3) is 0 Å². The fourth-order valence-corrected chi connectivity index (χ4v) is 1.67. The molecule has 1 atom stereocenters. The first-order valence-electron chi connectivity index (χ1n) is 5.02. The first kappa shape index (κ1) is 11.6. The van der Waals surface area contributed by atoms with E-state index in [1.54, 1.807) is 0 Å². The second-order valence-corrected chi connectivity index (χ2v) is 3.67. The highest BCUT2D eigenvalue weighted by molar-refractivity contribution is 5.77. The Morgan fingerprint density at radius 2 is 2.06 bits per heavy atom. The van der Waals surface area contributed by atoms with Crippen LogP contribution in [-0.4, -0.2) is 24.3 Å². The van der Waals surface area contributed by atoms with Gasteiger partial charge in [-0.05, 0) is 6.92 Å². The summed E-state index contributed by atoms with van der Waals surface area (Å²) < 4.78 is 37.2. The summed E-state index contributed by atoms with van der Waals surface area (Å²) in [5.74, 6) is -4.79. The van der Waals surface area contributed by atoms with Gasteiger partial charge in [0.15, 0.2) is 23.1 Å². The maximum atomic E-state index is 13.6. The zero-order chi connectivity index (χ0) is 12.6. The van der Waals surface area contributed by atoms with Crippen LogP contribution in [-0.2, 0) is 4.79 Å². The molecule has 0 spiro atoms. The normalized spacial score (nSPS) is 15.5. The summed E-state index contributed by atoms with van der Waals surface area (Å²) >= 11 is 0. The summed E-state index contributed by atoms with van der Waals surface area (Å²) in [5.41, 5.74) is -0.313. The van der Waals surface area contributed by atoms with Crippen LogP contribution in [0.2, 0.25) is 0 Å². The van der Waals surface area contributed by atoms with Crippen molar-refractivity contribution in [2.24, 2.45) is 0 Å². The Balaban J connectivity index is 2.62. The van der Waals surface area contributed by atoms with Crippen molar-refractivity contribution >= 4 is 5.97 Å². The minimum atomic E-state index is -1.26. The third-order valence-electron chi connectivity index (χ3n) is 2.56. The lowest BCUT2D eigenvalue weighted by molar-refractivity contribution is -0.138. The maximum absolute atomic E-state index is 13.6. The number of carboxylic acids is 1. The minimum Gasteiger partial charge on any atom is -0.486 e. The van der Waals surface area contributed by atoms with Crippen LogP contribution in [0.4, 0.5) is 8.78 Å². The van der Waals surface area contributed by atoms with Crippen LogP contribution in [0, 0.1) is 11.6 Å². The van der Waals surface area contributed by atoms with Crippen molar-refractivity contribution in [3.05, 3.63) is 23.3 Å². The molecule has 0 saturated heterocycles. The molecule has 0 aromatic heterocycles. The maximum Gasteiger partial charge on any atom is 0.310 e. The third kappa shape index (κ3) is 1.90. The largest absolute Gasteiger partial charge is 0.486 e. The van der Waals surface area contributed by atoms with E-state index < -0.39 is 23.5 Å². The first-order chi connectivity index (χ1) is 8.02. The highest BCUT2D eigenvalue weighted by atomic mass is 19.2. The van der Waals surface area contributed by atoms with Gasteiger partial charge in [0, 0.05) is 6.07 Å². The van der Waals surface area contributed by atoms with Crippen LogP contribution in [0.1, 0.15) is 18.4 Å². The van der Waals surface area contributed by atoms with Crippen molar-refractivity contribution < 1.29 is 28.2 Å². The third-order valence-corrected chi connectivity index (χ3v) is 2.56. The molecule has 1 aromatic rings. The van der Waals surface area contributed by atoms with Gasteiger partial charge < -0.3 is 14.6 Å². The Kier molecular flexibility index (Phi) is 2.87. The van der Waals surface area contributed by atoms with Crippen LogP contribution in [0.15, 0.2) is 6.07 Å². The number of carboxylic acid groups (broad SMARTS) is 1. The number of ether oxygens (including phenoxy) is 2. The van der Waals surface area contributed by atoms with Crippen LogP contribution >= 0.6 is 0 Å². The van der Waals surface area contributed by atoms with E-state index in [1.807, 2.05) is 0 Å². The van der Waals surface area contributed by atoms with Crippen LogP contribution in [0.3, 0.4) is 0 Å². The molecule has 0 amide bonds. The second-order valence-electron chi connectivity index (χ2n) is 3.67. The molecular formula is C11H10F2O4. The molecular weight excluding hydrogens is 234 g/mol. The molecule has 4 nitrogen and oxygen atoms in total. The lowest BCUT2D eigenvalue weighted by Gasteiger charge is -2.23. The number of hydrogen-bond acceptors (Lipinski definition) is 3. The molecule has 1 unspecified atom stereocenters. The predicted molar refractivity (Wildman–Crippen MR) is 53.4 cm³/mol. The molecule has 1 heterocycles. The molecule has 0 radical (unpaired) electrons. The molecule has 17 heavy (non-hydrogen) atoms. The fourth-order valence-electron chi connectivity index (χ4n) is 1.67. The first-order valence-corrected chi connectivity index (χ1v) is 5.02. The fraction of sp³-hybridized carbons (Fsp3) is 0.364. The van der Waals surface area contributed by atoms with E-state index in [9.17, 15) is 13.6 Å². The van der Waals surface area contributed by atoms with Crippen molar-refractivity contribution in [2.75, 3.05) is 13.2 Å². The lowest BCUT2D eigenvalue weighted by atomic mass is 9.98. The Morgan fingerprint density at radius 3 is 2.71 bits per heavy atom. The van der Waals surface area contributed by atoms with E-state index >= 15 is 0 Å². The number of carbonyl (C=O) groups is 1. The van der Waals surface area contributed by atoms with Crippen molar-refractivity contribution in [1.82, 2.24) is 0 Å². The van der Waals surface area contributed by atoms with Crippen molar-refractivity contribution in [3.8, 4) is 11.5 Å². The Labute approximate surface area is 95.8 Å². The van der Waals surface area contributed by atoms with Gasteiger partial charge in [-0.1, -0.05) is 0 Å². The summed E-state index contributed by atoms with van der Waals surface area (Å²) in [6.07, 6.45) is 0. The van der Waals surface area contributed by atoms with Crippen molar-refractivity contribution in [1.29, 1.82) is 0 Å². The molecule has 0 fully saturated rings. The van der Waals surface area contributed by atoms with Gasteiger partial charge in [0.25, 0.3) is 0 Å². The molecule has 6 heteroatoms. The van der Waals surface area contributed by atoms with Gasteiger partial charge >= 0.3 is 5.97 Å². The Morgan fingerprint density at radius 1 is 1.41 bits per heavy atom. The summed E-state index contributed by atoms with van der Waals surface area (Å²) in [6.45, 7) is 1.66. The number of rotatable bonds is 2. The van der Waals surface area contributed by atoms with Gasteiger partial charge in [0.2, 0.25) is 0 Å². The standard InChI is InChI=1S/C11H10F2O4/c1-5(11(14)15)8-9(13)6(12)4-7-10(8)17-3-2-16-7/h4-5H,2-3H2,1H3,(H,14,15). The van der Waals surface area contributed by atoms with Crippen LogP contribution < -0.4 is 9.47 Å². The highest BCUT2D eigenvalue weighted by Crippen LogP contribution is 2.40. The summed E-state index contributed by atoms with van der Waals surface area (Å²) in [4.78, 5) is 10.9. The molecule has 2 rings (SSSR count). The predicted octanol–water partition coefficient (Wildman–Crippen LogP) is 1.92. The van der Waals surface area contributed by atoms with Crippen LogP contribution in [0.5, 0.6) is 11.5 Å². The zero-order valence-corrected chi connectivity index (χ0v) is 9.00. The van der Waals surface area contributed by atoms with E-state index in [4.69, 9.17) is 14.6 Å². The number of halogens is 2. The van der Waals surface area contributed by atoms with Crippen molar-refractivity contribution in [3.63, 3.8) is 0 Å². The zero-order valence-electron chi connectivity index (χ0n) is 9.00. The molecule has 0 saturated carbocycles.